The van der Waals surface area contributed by atoms with Crippen molar-refractivity contribution in [1.29, 1.82) is 0 Å². The Hall–Kier alpha value is -2.04. The quantitative estimate of drug-likeness (QED) is 0.0742. The molecule has 72 heavy (non-hydrogen) atoms. The van der Waals surface area contributed by atoms with Gasteiger partial charge < -0.3 is 98.8 Å². The number of hydrogen-bond donors (Lipinski definition) is 11. The van der Waals surface area contributed by atoms with E-state index in [-0.39, 0.29) is 41.5 Å². The monoisotopic (exact) mass is 1030 g/mol. The standard InChI is InChI=1S/C50H78O22/c1-21-34-29(72-50(21)13-9-25(71-50)20-64-33(55)17-47(3,63)16-32(53)54)15-28-26-7-6-23-14-24(8-11-48(23,4)27(26)10-12-49(28,34)5)66-46-43(70-45-39(60)37(58)35(56)22(2)65-45)40(61)41(31(19-52)68-46)69-42-38(59)36(57)30(18-51)67-44(42)62/h6,21-22,24-31,34-46,51-52,56-63H,7-20H2,1-5H3,(H,53,54)/t21-,22-,24-,25-,26+,27-,28+,29-,30+,31+,34-,35-,36+,37+,38-,39+,40-,41+,42+,43+,44+,45-,46+,47-,48-,49-,50+/m0/s1. The first-order valence-corrected chi connectivity index (χ1v) is 26.0. The summed E-state index contributed by atoms with van der Waals surface area (Å²) in [4.78, 5) is 23.6. The van der Waals surface area contributed by atoms with Crippen LogP contribution >= 0.6 is 0 Å². The molecule has 410 valence electrons. The second-order valence-electron chi connectivity index (χ2n) is 23.3. The summed E-state index contributed by atoms with van der Waals surface area (Å²) >= 11 is 0. The lowest BCUT2D eigenvalue weighted by Gasteiger charge is -2.58. The Bertz CT molecular complexity index is 1970. The molecule has 0 bridgehead atoms. The summed E-state index contributed by atoms with van der Waals surface area (Å²) < 4.78 is 55.1. The molecule has 0 aromatic carbocycles. The second kappa shape index (κ2) is 20.7. The van der Waals surface area contributed by atoms with E-state index < -0.39 is 148 Å². The van der Waals surface area contributed by atoms with Crippen LogP contribution in [0.1, 0.15) is 105 Å². The van der Waals surface area contributed by atoms with E-state index in [2.05, 4.69) is 26.8 Å². The zero-order chi connectivity index (χ0) is 52.0. The molecular formula is C50H78O22. The van der Waals surface area contributed by atoms with Crippen LogP contribution in [0.5, 0.6) is 0 Å². The molecule has 5 heterocycles. The van der Waals surface area contributed by atoms with Crippen LogP contribution in [-0.2, 0) is 52.2 Å². The molecule has 9 aliphatic rings. The minimum absolute atomic E-state index is 0.00276. The van der Waals surface area contributed by atoms with E-state index in [1.165, 1.54) is 19.4 Å². The lowest BCUT2D eigenvalue weighted by molar-refractivity contribution is -0.383. The van der Waals surface area contributed by atoms with Crippen LogP contribution < -0.4 is 0 Å². The number of rotatable bonds is 14. The number of hydrogen-bond acceptors (Lipinski definition) is 21. The molecule has 4 aliphatic carbocycles. The molecule has 5 aliphatic heterocycles. The van der Waals surface area contributed by atoms with Crippen molar-refractivity contribution >= 4 is 11.9 Å². The number of allylic oxidation sites excluding steroid dienone is 1. The van der Waals surface area contributed by atoms with E-state index in [9.17, 15) is 60.7 Å². The smallest absolute Gasteiger partial charge is 0.308 e. The topological polar surface area (TPSA) is 340 Å². The summed E-state index contributed by atoms with van der Waals surface area (Å²) in [6.07, 6.45) is -16.0. The molecule has 9 rings (SSSR count). The van der Waals surface area contributed by atoms with Crippen LogP contribution in [0.4, 0.5) is 0 Å². The maximum atomic E-state index is 12.5. The Balaban J connectivity index is 0.862. The van der Waals surface area contributed by atoms with E-state index in [4.69, 9.17) is 47.7 Å². The highest BCUT2D eigenvalue weighted by atomic mass is 16.8. The first-order valence-electron chi connectivity index (χ1n) is 26.0. The van der Waals surface area contributed by atoms with Crippen LogP contribution in [0.2, 0.25) is 0 Å². The molecule has 8 fully saturated rings. The zero-order valence-corrected chi connectivity index (χ0v) is 41.7. The fraction of sp³-hybridized carbons (Fsp3) is 0.920. The molecule has 11 N–H and O–H groups in total. The summed E-state index contributed by atoms with van der Waals surface area (Å²) in [7, 11) is 0. The van der Waals surface area contributed by atoms with Gasteiger partial charge in [0.25, 0.3) is 0 Å². The number of carbonyl (C=O) groups excluding carboxylic acids is 1. The predicted octanol–water partition coefficient (Wildman–Crippen LogP) is -0.894. The molecule has 0 aromatic rings. The minimum atomic E-state index is -1.88. The van der Waals surface area contributed by atoms with Gasteiger partial charge in [0, 0.05) is 12.3 Å². The average Bonchev–Trinajstić information content (AvgIpc) is 3.96. The number of esters is 1. The molecule has 0 aromatic heterocycles. The molecule has 22 nitrogen and oxygen atoms in total. The van der Waals surface area contributed by atoms with Crippen molar-refractivity contribution in [2.24, 2.45) is 40.4 Å². The Kier molecular flexibility index (Phi) is 15.8. The van der Waals surface area contributed by atoms with Crippen LogP contribution in [-0.4, -0.2) is 210 Å². The number of ether oxygens (including phenoxy) is 9. The van der Waals surface area contributed by atoms with Crippen LogP contribution in [0.15, 0.2) is 11.6 Å². The normalized spacial score (nSPS) is 51.9. The number of aliphatic hydroxyl groups excluding tert-OH is 9. The van der Waals surface area contributed by atoms with Gasteiger partial charge in [0.1, 0.15) is 73.8 Å². The van der Waals surface area contributed by atoms with E-state index in [1.807, 2.05) is 0 Å². The number of aliphatic carboxylic acids is 1. The lowest BCUT2D eigenvalue weighted by Crippen LogP contribution is -2.67. The third-order valence-corrected chi connectivity index (χ3v) is 18.8. The second-order valence-corrected chi connectivity index (χ2v) is 23.3. The number of aliphatic hydroxyl groups is 10. The van der Waals surface area contributed by atoms with Crippen molar-refractivity contribution in [2.75, 3.05) is 19.8 Å². The fourth-order valence-electron chi connectivity index (χ4n) is 15.0. The number of fused-ring (bicyclic) bond motifs is 7. The van der Waals surface area contributed by atoms with Gasteiger partial charge in [0.2, 0.25) is 0 Å². The molecule has 0 radical (unpaired) electrons. The highest BCUT2D eigenvalue weighted by Gasteiger charge is 2.69. The van der Waals surface area contributed by atoms with Crippen molar-refractivity contribution < 1.29 is 108 Å². The summed E-state index contributed by atoms with van der Waals surface area (Å²) in [6, 6.07) is 0. The molecule has 0 amide bonds. The van der Waals surface area contributed by atoms with Gasteiger partial charge >= 0.3 is 11.9 Å². The minimum Gasteiger partial charge on any atom is -0.481 e. The highest BCUT2D eigenvalue weighted by molar-refractivity contribution is 5.73. The molecule has 3 saturated carbocycles. The summed E-state index contributed by atoms with van der Waals surface area (Å²) in [5.41, 5.74) is -0.599. The van der Waals surface area contributed by atoms with Gasteiger partial charge in [-0.05, 0) is 99.7 Å². The van der Waals surface area contributed by atoms with E-state index >= 15 is 0 Å². The van der Waals surface area contributed by atoms with Crippen LogP contribution in [0, 0.1) is 40.4 Å². The van der Waals surface area contributed by atoms with Crippen LogP contribution in [0.25, 0.3) is 0 Å². The predicted molar refractivity (Wildman–Crippen MR) is 242 cm³/mol. The maximum absolute atomic E-state index is 12.5. The average molecular weight is 1030 g/mol. The van der Waals surface area contributed by atoms with E-state index in [1.54, 1.807) is 0 Å². The van der Waals surface area contributed by atoms with Gasteiger partial charge in [0.05, 0.1) is 56.1 Å². The molecule has 5 saturated heterocycles. The SMILES string of the molecule is C[C@@H]1O[C@@H](O[C@H]2[C@H](O[C@H]3CC[C@@]4(C)C(=CC[C@H]5[C@H]6C[C@@H]7O[C@]8(CC[C@@H](COC(=O)C[C@@](C)(O)CC(=O)O)O8)[C@@H](C)[C@@H]7[C@@]6(C)CC[C@@H]54)C3)O[C@H](CO)[C@@H](O[C@@H]3[C@@H](O)[C@H](O)[C@@H](CO)O[C@H]3O)[C@@H]2O)[C@H](O)[C@H](O)[C@H]1O. The molecular weight excluding hydrogens is 953 g/mol. The molecule has 0 unspecified atom stereocenters. The zero-order valence-electron chi connectivity index (χ0n) is 41.7. The van der Waals surface area contributed by atoms with Gasteiger partial charge in [0.15, 0.2) is 24.7 Å². The van der Waals surface area contributed by atoms with Gasteiger partial charge in [-0.15, -0.1) is 0 Å². The Morgan fingerprint density at radius 3 is 2.19 bits per heavy atom. The Labute approximate surface area is 418 Å². The Morgan fingerprint density at radius 2 is 1.49 bits per heavy atom. The fourth-order valence-corrected chi connectivity index (χ4v) is 15.0. The number of carboxylic acid groups (broad SMARTS) is 1. The third kappa shape index (κ3) is 9.84. The van der Waals surface area contributed by atoms with Gasteiger partial charge in [-0.1, -0.05) is 32.4 Å². The summed E-state index contributed by atoms with van der Waals surface area (Å²) in [6.45, 7) is 8.30. The van der Waals surface area contributed by atoms with Crippen molar-refractivity contribution in [3.05, 3.63) is 11.6 Å². The van der Waals surface area contributed by atoms with Gasteiger partial charge in [-0.2, -0.15) is 0 Å². The van der Waals surface area contributed by atoms with Crippen LogP contribution in [0.3, 0.4) is 0 Å². The highest BCUT2D eigenvalue weighted by Crippen LogP contribution is 2.71. The molecule has 27 atom stereocenters. The van der Waals surface area contributed by atoms with E-state index in [0.29, 0.717) is 43.4 Å². The van der Waals surface area contributed by atoms with Gasteiger partial charge in [-0.3, -0.25) is 9.59 Å². The summed E-state index contributed by atoms with van der Waals surface area (Å²) in [5.74, 6) is -1.12. The van der Waals surface area contributed by atoms with E-state index in [0.717, 1.165) is 32.1 Å². The third-order valence-electron chi connectivity index (χ3n) is 18.8. The first kappa shape index (κ1) is 54.7. The van der Waals surface area contributed by atoms with Crippen molar-refractivity contribution in [2.45, 2.75) is 227 Å². The summed E-state index contributed by atoms with van der Waals surface area (Å²) in [5, 5.41) is 116. The first-order chi connectivity index (χ1) is 33.9. The van der Waals surface area contributed by atoms with Gasteiger partial charge in [-0.25, -0.2) is 0 Å². The van der Waals surface area contributed by atoms with Crippen molar-refractivity contribution in [1.82, 2.24) is 0 Å². The molecule has 22 heteroatoms. The maximum Gasteiger partial charge on any atom is 0.308 e. The van der Waals surface area contributed by atoms with Crippen molar-refractivity contribution in [3.63, 3.8) is 0 Å². The largest absolute Gasteiger partial charge is 0.481 e. The van der Waals surface area contributed by atoms with Crippen molar-refractivity contribution in [3.8, 4) is 0 Å². The molecule has 1 spiro atoms. The number of carbonyl (C=O) groups is 2. The number of carboxylic acids is 1. The Morgan fingerprint density at radius 1 is 0.750 bits per heavy atom. The lowest BCUT2D eigenvalue weighted by atomic mass is 9.47.